The van der Waals surface area contributed by atoms with Crippen molar-refractivity contribution in [2.24, 2.45) is 0 Å². The van der Waals surface area contributed by atoms with Gasteiger partial charge >= 0.3 is 0 Å². The minimum absolute atomic E-state index is 0.0449. The summed E-state index contributed by atoms with van der Waals surface area (Å²) < 4.78 is 5.30. The fourth-order valence-electron chi connectivity index (χ4n) is 3.58. The standard InChI is InChI=1S/C23H25N3O2/c1-28-19-9-10-22-20(16-19)21(23(27)24-22)17-26-14-12-25(13-15-26)11-5-8-18-6-3-2-4-7-18/h2-10,16-17H,11-15H2,1H3,(H,24,27)/b8-5+,21-17+. The van der Waals surface area contributed by atoms with Crippen LogP contribution in [0.1, 0.15) is 11.1 Å². The minimum atomic E-state index is -0.0449. The molecule has 2 aliphatic heterocycles. The van der Waals surface area contributed by atoms with Gasteiger partial charge in [0.05, 0.1) is 12.7 Å². The molecule has 0 spiro atoms. The van der Waals surface area contributed by atoms with Crippen molar-refractivity contribution < 1.29 is 9.53 Å². The molecule has 1 N–H and O–H groups in total. The molecule has 5 nitrogen and oxygen atoms in total. The number of fused-ring (bicyclic) bond motifs is 1. The van der Waals surface area contributed by atoms with Crippen LogP contribution in [0, 0.1) is 0 Å². The number of methoxy groups -OCH3 is 1. The van der Waals surface area contributed by atoms with Crippen LogP contribution in [0.15, 0.2) is 60.8 Å². The third kappa shape index (κ3) is 4.10. The predicted molar refractivity (Wildman–Crippen MR) is 113 cm³/mol. The Labute approximate surface area is 165 Å². The lowest BCUT2D eigenvalue weighted by Gasteiger charge is -2.33. The Balaban J connectivity index is 1.36. The van der Waals surface area contributed by atoms with E-state index in [0.29, 0.717) is 5.57 Å². The van der Waals surface area contributed by atoms with Crippen LogP contribution in [0.2, 0.25) is 0 Å². The number of ether oxygens (including phenoxy) is 1. The average Bonchev–Trinajstić information content (AvgIpc) is 3.04. The SMILES string of the molecule is COc1ccc2c(c1)/C(=C\N1CCN(C/C=C/c3ccccc3)CC1)C(=O)N2. The van der Waals surface area contributed by atoms with Crippen LogP contribution in [-0.2, 0) is 4.79 Å². The lowest BCUT2D eigenvalue weighted by molar-refractivity contribution is -0.110. The molecule has 1 fully saturated rings. The van der Waals surface area contributed by atoms with Crippen LogP contribution < -0.4 is 10.1 Å². The highest BCUT2D eigenvalue weighted by Gasteiger charge is 2.26. The van der Waals surface area contributed by atoms with Crippen molar-refractivity contribution in [2.75, 3.05) is 45.2 Å². The van der Waals surface area contributed by atoms with Crippen LogP contribution >= 0.6 is 0 Å². The van der Waals surface area contributed by atoms with E-state index in [2.05, 4.69) is 51.5 Å². The molecule has 4 rings (SSSR count). The van der Waals surface area contributed by atoms with Crippen molar-refractivity contribution in [3.8, 4) is 5.75 Å². The molecule has 2 aliphatic rings. The molecule has 144 valence electrons. The Morgan fingerprint density at radius 2 is 1.86 bits per heavy atom. The molecule has 2 aromatic rings. The monoisotopic (exact) mass is 375 g/mol. The molecule has 0 saturated carbocycles. The van der Waals surface area contributed by atoms with Gasteiger partial charge in [0.25, 0.3) is 5.91 Å². The van der Waals surface area contributed by atoms with Crippen molar-refractivity contribution in [3.63, 3.8) is 0 Å². The number of amides is 1. The molecule has 0 unspecified atom stereocenters. The maximum Gasteiger partial charge on any atom is 0.257 e. The van der Waals surface area contributed by atoms with E-state index in [-0.39, 0.29) is 5.91 Å². The zero-order valence-electron chi connectivity index (χ0n) is 16.1. The van der Waals surface area contributed by atoms with Crippen LogP contribution in [0.25, 0.3) is 11.6 Å². The van der Waals surface area contributed by atoms with Gasteiger partial charge in [0.2, 0.25) is 0 Å². The van der Waals surface area contributed by atoms with Gasteiger partial charge in [0.1, 0.15) is 5.75 Å². The molecular formula is C23H25N3O2. The third-order valence-electron chi connectivity index (χ3n) is 5.20. The minimum Gasteiger partial charge on any atom is -0.497 e. The van der Waals surface area contributed by atoms with E-state index in [9.17, 15) is 4.79 Å². The second kappa shape index (κ2) is 8.31. The van der Waals surface area contributed by atoms with E-state index in [0.717, 1.165) is 49.7 Å². The summed E-state index contributed by atoms with van der Waals surface area (Å²) in [6.07, 6.45) is 6.38. The second-order valence-corrected chi connectivity index (χ2v) is 7.06. The number of nitrogens with zero attached hydrogens (tertiary/aromatic N) is 2. The van der Waals surface area contributed by atoms with Gasteiger partial charge < -0.3 is 15.0 Å². The lowest BCUT2D eigenvalue weighted by atomic mass is 10.1. The summed E-state index contributed by atoms with van der Waals surface area (Å²) in [7, 11) is 1.64. The first-order valence-corrected chi connectivity index (χ1v) is 9.62. The summed E-state index contributed by atoms with van der Waals surface area (Å²) in [6, 6.07) is 16.0. The van der Waals surface area contributed by atoms with Gasteiger partial charge in [-0.1, -0.05) is 42.5 Å². The number of anilines is 1. The van der Waals surface area contributed by atoms with E-state index in [1.54, 1.807) is 7.11 Å². The number of carbonyl (C=O) groups is 1. The summed E-state index contributed by atoms with van der Waals surface area (Å²) >= 11 is 0. The number of piperazine rings is 1. The predicted octanol–water partition coefficient (Wildman–Crippen LogP) is 3.32. The number of benzene rings is 2. The van der Waals surface area contributed by atoms with Gasteiger partial charge in [-0.05, 0) is 23.8 Å². The van der Waals surface area contributed by atoms with Crippen molar-refractivity contribution in [1.82, 2.24) is 9.80 Å². The quantitative estimate of drug-likeness (QED) is 0.815. The fourth-order valence-corrected chi connectivity index (χ4v) is 3.58. The second-order valence-electron chi connectivity index (χ2n) is 7.06. The molecule has 1 amide bonds. The van der Waals surface area contributed by atoms with Crippen LogP contribution in [-0.4, -0.2) is 55.5 Å². The first-order valence-electron chi connectivity index (χ1n) is 9.62. The van der Waals surface area contributed by atoms with Crippen LogP contribution in [0.4, 0.5) is 5.69 Å². The van der Waals surface area contributed by atoms with Gasteiger partial charge in [0.15, 0.2) is 0 Å². The van der Waals surface area contributed by atoms with Crippen molar-refractivity contribution in [3.05, 3.63) is 71.9 Å². The molecule has 2 aromatic carbocycles. The Bertz CT molecular complexity index is 897. The zero-order chi connectivity index (χ0) is 19.3. The Morgan fingerprint density at radius 1 is 1.07 bits per heavy atom. The van der Waals surface area contributed by atoms with Crippen molar-refractivity contribution >= 4 is 23.2 Å². The topological polar surface area (TPSA) is 44.8 Å². The summed E-state index contributed by atoms with van der Waals surface area (Å²) in [5.41, 5.74) is 3.71. The van der Waals surface area contributed by atoms with E-state index >= 15 is 0 Å². The summed E-state index contributed by atoms with van der Waals surface area (Å²) in [6.45, 7) is 4.73. The number of hydrogen-bond acceptors (Lipinski definition) is 4. The van der Waals surface area contributed by atoms with Crippen molar-refractivity contribution in [2.45, 2.75) is 0 Å². The number of rotatable bonds is 5. The van der Waals surface area contributed by atoms with Gasteiger partial charge in [-0.25, -0.2) is 0 Å². The highest BCUT2D eigenvalue weighted by Crippen LogP contribution is 2.34. The highest BCUT2D eigenvalue weighted by atomic mass is 16.5. The number of nitrogens with one attached hydrogen (secondary N) is 1. The Morgan fingerprint density at radius 3 is 2.61 bits per heavy atom. The molecule has 0 aliphatic carbocycles. The molecule has 0 radical (unpaired) electrons. The Kier molecular flexibility index (Phi) is 5.44. The lowest BCUT2D eigenvalue weighted by Crippen LogP contribution is -2.44. The van der Waals surface area contributed by atoms with E-state index in [1.807, 2.05) is 30.5 Å². The van der Waals surface area contributed by atoms with Gasteiger partial charge in [-0.3, -0.25) is 9.69 Å². The maximum absolute atomic E-state index is 12.4. The first-order chi connectivity index (χ1) is 13.7. The van der Waals surface area contributed by atoms with Gasteiger partial charge in [-0.2, -0.15) is 0 Å². The summed E-state index contributed by atoms with van der Waals surface area (Å²) in [5.74, 6) is 0.715. The van der Waals surface area contributed by atoms with E-state index < -0.39 is 0 Å². The molecule has 2 heterocycles. The number of carbonyl (C=O) groups excluding carboxylic acids is 1. The van der Waals surface area contributed by atoms with Gasteiger partial charge in [0, 0.05) is 50.2 Å². The Hall–Kier alpha value is -3.05. The normalized spacial score (nSPS) is 18.5. The first kappa shape index (κ1) is 18.3. The summed E-state index contributed by atoms with van der Waals surface area (Å²) in [5, 5.41) is 2.93. The van der Waals surface area contributed by atoms with E-state index in [1.165, 1.54) is 5.56 Å². The smallest absolute Gasteiger partial charge is 0.257 e. The molecule has 28 heavy (non-hydrogen) atoms. The molecule has 0 atom stereocenters. The molecule has 1 saturated heterocycles. The summed E-state index contributed by atoms with van der Waals surface area (Å²) in [4.78, 5) is 17.0. The number of hydrogen-bond donors (Lipinski definition) is 1. The molecule has 5 heteroatoms. The third-order valence-corrected chi connectivity index (χ3v) is 5.20. The highest BCUT2D eigenvalue weighted by molar-refractivity contribution is 6.31. The largest absolute Gasteiger partial charge is 0.497 e. The molecule has 0 bridgehead atoms. The molecule has 0 aromatic heterocycles. The average molecular weight is 375 g/mol. The fraction of sp³-hybridized carbons (Fsp3) is 0.261. The maximum atomic E-state index is 12.4. The van der Waals surface area contributed by atoms with Crippen LogP contribution in [0.5, 0.6) is 5.75 Å². The van der Waals surface area contributed by atoms with Gasteiger partial charge in [-0.15, -0.1) is 0 Å². The zero-order valence-corrected chi connectivity index (χ0v) is 16.1. The van der Waals surface area contributed by atoms with E-state index in [4.69, 9.17) is 4.74 Å². The van der Waals surface area contributed by atoms with Crippen LogP contribution in [0.3, 0.4) is 0 Å². The molecular weight excluding hydrogens is 350 g/mol. The van der Waals surface area contributed by atoms with Crippen molar-refractivity contribution in [1.29, 1.82) is 0 Å².